The number of nitrogens with zero attached hydrogens (tertiary/aromatic N) is 2. The monoisotopic (exact) mass is 406 g/mol. The van der Waals surface area contributed by atoms with Crippen LogP contribution in [0.5, 0.6) is 5.75 Å². The van der Waals surface area contributed by atoms with E-state index in [1.54, 1.807) is 0 Å². The Balaban J connectivity index is 1.73. The predicted octanol–water partition coefficient (Wildman–Crippen LogP) is 4.04. The van der Waals surface area contributed by atoms with Gasteiger partial charge in [-0.25, -0.2) is 0 Å². The van der Waals surface area contributed by atoms with Crippen LogP contribution < -0.4 is 4.74 Å². The fourth-order valence-electron chi connectivity index (χ4n) is 3.91. The van der Waals surface area contributed by atoms with E-state index in [2.05, 4.69) is 6.07 Å². The summed E-state index contributed by atoms with van der Waals surface area (Å²) in [6.45, 7) is 4.48. The highest BCUT2D eigenvalue weighted by Crippen LogP contribution is 2.51. The van der Waals surface area contributed by atoms with Crippen molar-refractivity contribution in [2.45, 2.75) is 31.9 Å². The largest absolute Gasteiger partial charge is 0.494 e. The number of aliphatic hydroxyl groups is 1. The molecule has 2 aliphatic heterocycles. The number of rotatable bonds is 4. The highest BCUT2D eigenvalue weighted by molar-refractivity contribution is 8.03. The Labute approximate surface area is 174 Å². The standard InChI is InChI=1S/C23H22N2O3S/c1-3-28-18-10-6-16(7-11-18)19-12-21(26)25-22(20(19)13-24)29-14-23(25,27)17-8-4-15(2)5-9-17/h4-11,19,27H,3,12,14H2,1-2H3/t19-,23+/m0/s1. The molecule has 1 saturated heterocycles. The van der Waals surface area contributed by atoms with Crippen molar-refractivity contribution in [3.05, 3.63) is 75.8 Å². The number of aryl methyl sites for hydroxylation is 1. The lowest BCUT2D eigenvalue weighted by Gasteiger charge is -2.38. The van der Waals surface area contributed by atoms with Gasteiger partial charge in [0.1, 0.15) is 5.75 Å². The molecule has 0 bridgehead atoms. The van der Waals surface area contributed by atoms with E-state index in [1.807, 2.05) is 62.4 Å². The van der Waals surface area contributed by atoms with Crippen LogP contribution in [0.4, 0.5) is 0 Å². The number of nitriles is 1. The first-order valence-corrected chi connectivity index (χ1v) is 10.6. The van der Waals surface area contributed by atoms with Crippen LogP contribution in [-0.4, -0.2) is 28.3 Å². The zero-order chi connectivity index (χ0) is 20.6. The summed E-state index contributed by atoms with van der Waals surface area (Å²) in [6.07, 6.45) is 0.148. The number of fused-ring (bicyclic) bond motifs is 1. The number of thioether (sulfide) groups is 1. The van der Waals surface area contributed by atoms with Crippen LogP contribution in [0.25, 0.3) is 0 Å². The fourth-order valence-corrected chi connectivity index (χ4v) is 5.27. The Morgan fingerprint density at radius 3 is 2.55 bits per heavy atom. The first-order valence-electron chi connectivity index (χ1n) is 9.60. The third-order valence-corrected chi connectivity index (χ3v) is 6.64. The average Bonchev–Trinajstić information content (AvgIpc) is 3.08. The minimum absolute atomic E-state index is 0.148. The second-order valence-corrected chi connectivity index (χ2v) is 8.25. The summed E-state index contributed by atoms with van der Waals surface area (Å²) < 4.78 is 5.49. The molecular formula is C23H22N2O3S. The Morgan fingerprint density at radius 2 is 1.93 bits per heavy atom. The molecule has 2 atom stereocenters. The second-order valence-electron chi connectivity index (χ2n) is 7.29. The summed E-state index contributed by atoms with van der Waals surface area (Å²) in [5, 5.41) is 21.9. The lowest BCUT2D eigenvalue weighted by molar-refractivity contribution is -0.149. The molecule has 1 fully saturated rings. The van der Waals surface area contributed by atoms with E-state index >= 15 is 0 Å². The number of amides is 1. The van der Waals surface area contributed by atoms with E-state index in [0.717, 1.165) is 16.9 Å². The molecule has 148 valence electrons. The van der Waals surface area contributed by atoms with Crippen LogP contribution in [-0.2, 0) is 10.5 Å². The van der Waals surface area contributed by atoms with Gasteiger partial charge in [0.15, 0.2) is 5.72 Å². The molecule has 0 unspecified atom stereocenters. The summed E-state index contributed by atoms with van der Waals surface area (Å²) in [7, 11) is 0. The lowest BCUT2D eigenvalue weighted by Crippen LogP contribution is -2.48. The van der Waals surface area contributed by atoms with Crippen molar-refractivity contribution < 1.29 is 14.6 Å². The molecule has 6 heteroatoms. The molecular weight excluding hydrogens is 384 g/mol. The van der Waals surface area contributed by atoms with E-state index in [-0.39, 0.29) is 18.2 Å². The second kappa shape index (κ2) is 7.58. The Hall–Kier alpha value is -2.75. The van der Waals surface area contributed by atoms with Crippen molar-refractivity contribution in [2.75, 3.05) is 12.4 Å². The van der Waals surface area contributed by atoms with Gasteiger partial charge in [-0.15, -0.1) is 11.8 Å². The quantitative estimate of drug-likeness (QED) is 0.830. The normalized spacial score (nSPS) is 23.7. The van der Waals surface area contributed by atoms with Gasteiger partial charge in [-0.2, -0.15) is 5.26 Å². The highest BCUT2D eigenvalue weighted by atomic mass is 32.2. The maximum Gasteiger partial charge on any atom is 0.231 e. The van der Waals surface area contributed by atoms with Crippen LogP contribution in [0.3, 0.4) is 0 Å². The molecule has 5 nitrogen and oxygen atoms in total. The maximum absolute atomic E-state index is 13.1. The van der Waals surface area contributed by atoms with Crippen molar-refractivity contribution in [1.82, 2.24) is 4.90 Å². The van der Waals surface area contributed by atoms with Crippen molar-refractivity contribution in [3.63, 3.8) is 0 Å². The molecule has 0 radical (unpaired) electrons. The van der Waals surface area contributed by atoms with Gasteiger partial charge in [-0.1, -0.05) is 42.0 Å². The number of allylic oxidation sites excluding steroid dienone is 1. The molecule has 1 amide bonds. The molecule has 2 aromatic rings. The SMILES string of the molecule is CCOc1ccc([C@@H]2CC(=O)N3C(=C2C#N)SC[C@@]3(O)c2ccc(C)cc2)cc1. The number of benzene rings is 2. The predicted molar refractivity (Wildman–Crippen MR) is 112 cm³/mol. The number of hydrogen-bond acceptors (Lipinski definition) is 5. The van der Waals surface area contributed by atoms with E-state index in [0.29, 0.717) is 28.5 Å². The third kappa shape index (κ3) is 3.31. The van der Waals surface area contributed by atoms with E-state index < -0.39 is 5.72 Å². The van der Waals surface area contributed by atoms with E-state index in [9.17, 15) is 15.2 Å². The van der Waals surface area contributed by atoms with Crippen molar-refractivity contribution in [1.29, 1.82) is 5.26 Å². The van der Waals surface area contributed by atoms with E-state index in [4.69, 9.17) is 4.74 Å². The fraction of sp³-hybridized carbons (Fsp3) is 0.304. The Kier molecular flexibility index (Phi) is 5.12. The van der Waals surface area contributed by atoms with Gasteiger partial charge in [0.25, 0.3) is 0 Å². The number of carbonyl (C=O) groups excluding carboxylic acids is 1. The van der Waals surface area contributed by atoms with Gasteiger partial charge >= 0.3 is 0 Å². The van der Waals surface area contributed by atoms with Gasteiger partial charge in [0, 0.05) is 17.9 Å². The number of ether oxygens (including phenoxy) is 1. The van der Waals surface area contributed by atoms with Crippen LogP contribution in [0, 0.1) is 18.3 Å². The van der Waals surface area contributed by atoms with Crippen LogP contribution >= 0.6 is 11.8 Å². The Bertz CT molecular complexity index is 1010. The van der Waals surface area contributed by atoms with Crippen LogP contribution in [0.15, 0.2) is 59.1 Å². The minimum Gasteiger partial charge on any atom is -0.494 e. The molecule has 0 spiro atoms. The van der Waals surface area contributed by atoms with Gasteiger partial charge < -0.3 is 9.84 Å². The van der Waals surface area contributed by atoms with Crippen molar-refractivity contribution in [3.8, 4) is 11.8 Å². The lowest BCUT2D eigenvalue weighted by atomic mass is 9.85. The average molecular weight is 407 g/mol. The molecule has 2 aromatic carbocycles. The van der Waals surface area contributed by atoms with Crippen LogP contribution in [0.2, 0.25) is 0 Å². The molecule has 2 aliphatic rings. The van der Waals surface area contributed by atoms with Crippen LogP contribution in [0.1, 0.15) is 36.0 Å². The summed E-state index contributed by atoms with van der Waals surface area (Å²) in [5.74, 6) is 0.571. The van der Waals surface area contributed by atoms with Crippen molar-refractivity contribution in [2.24, 2.45) is 0 Å². The summed E-state index contributed by atoms with van der Waals surface area (Å²) in [5.41, 5.74) is 1.74. The first-order chi connectivity index (χ1) is 14.0. The first kappa shape index (κ1) is 19.6. The van der Waals surface area contributed by atoms with Gasteiger partial charge in [-0.05, 0) is 31.5 Å². The molecule has 0 aliphatic carbocycles. The molecule has 0 aromatic heterocycles. The molecule has 2 heterocycles. The minimum atomic E-state index is -1.43. The molecule has 29 heavy (non-hydrogen) atoms. The van der Waals surface area contributed by atoms with Gasteiger partial charge in [-0.3, -0.25) is 9.69 Å². The van der Waals surface area contributed by atoms with Crippen molar-refractivity contribution >= 4 is 17.7 Å². The highest BCUT2D eigenvalue weighted by Gasteiger charge is 2.51. The smallest absolute Gasteiger partial charge is 0.231 e. The summed E-state index contributed by atoms with van der Waals surface area (Å²) in [6, 6.07) is 17.4. The topological polar surface area (TPSA) is 73.6 Å². The number of carbonyl (C=O) groups is 1. The molecule has 0 saturated carbocycles. The van der Waals surface area contributed by atoms with Gasteiger partial charge in [0.05, 0.1) is 29.0 Å². The van der Waals surface area contributed by atoms with Gasteiger partial charge in [0.2, 0.25) is 5.91 Å². The summed E-state index contributed by atoms with van der Waals surface area (Å²) in [4.78, 5) is 14.6. The zero-order valence-electron chi connectivity index (χ0n) is 16.4. The zero-order valence-corrected chi connectivity index (χ0v) is 17.2. The third-order valence-electron chi connectivity index (χ3n) is 5.42. The maximum atomic E-state index is 13.1. The molecule has 4 rings (SSSR count). The number of hydrogen-bond donors (Lipinski definition) is 1. The Morgan fingerprint density at radius 1 is 1.24 bits per heavy atom. The van der Waals surface area contributed by atoms with E-state index in [1.165, 1.54) is 16.7 Å². The summed E-state index contributed by atoms with van der Waals surface area (Å²) >= 11 is 1.37. The molecule has 1 N–H and O–H groups in total.